The van der Waals surface area contributed by atoms with Crippen LogP contribution in [0, 0.1) is 6.92 Å². The average Bonchev–Trinajstić information content (AvgIpc) is 2.82. The van der Waals surface area contributed by atoms with Gasteiger partial charge in [0.25, 0.3) is 0 Å². The minimum absolute atomic E-state index is 0.0174. The Hall–Kier alpha value is -2.36. The number of aliphatic imine (C=N–C) groups is 1. The lowest BCUT2D eigenvalue weighted by Gasteiger charge is -2.18. The first-order chi connectivity index (χ1) is 9.15. The molecule has 1 aromatic rings. The predicted octanol–water partition coefficient (Wildman–Crippen LogP) is 1.06. The Morgan fingerprint density at radius 2 is 2.05 bits per heavy atom. The van der Waals surface area contributed by atoms with Gasteiger partial charge in [0.15, 0.2) is 0 Å². The van der Waals surface area contributed by atoms with Crippen molar-refractivity contribution in [1.82, 2.24) is 5.32 Å². The molecule has 96 valence electrons. The highest BCUT2D eigenvalue weighted by atomic mass is 16.1. The van der Waals surface area contributed by atoms with E-state index in [0.29, 0.717) is 5.57 Å². The highest BCUT2D eigenvalue weighted by molar-refractivity contribution is 6.03. The molecular weight excluding hydrogens is 238 g/mol. The zero-order valence-corrected chi connectivity index (χ0v) is 10.6. The zero-order valence-electron chi connectivity index (χ0n) is 10.6. The molecule has 1 aliphatic carbocycles. The summed E-state index contributed by atoms with van der Waals surface area (Å²) < 4.78 is 0. The van der Waals surface area contributed by atoms with E-state index in [0.717, 1.165) is 11.4 Å². The average molecular weight is 253 g/mol. The lowest BCUT2D eigenvalue weighted by molar-refractivity contribution is -0.114. The number of amidine groups is 1. The highest BCUT2D eigenvalue weighted by Crippen LogP contribution is 2.23. The van der Waals surface area contributed by atoms with Gasteiger partial charge in [-0.25, -0.2) is 0 Å². The van der Waals surface area contributed by atoms with E-state index >= 15 is 0 Å². The van der Waals surface area contributed by atoms with Crippen molar-refractivity contribution < 1.29 is 4.79 Å². The van der Waals surface area contributed by atoms with Crippen LogP contribution in [-0.2, 0) is 4.79 Å². The van der Waals surface area contributed by atoms with Gasteiger partial charge in [-0.3, -0.25) is 9.79 Å². The molecule has 0 aromatic heterocycles. The van der Waals surface area contributed by atoms with Gasteiger partial charge in [-0.15, -0.1) is 0 Å². The molecule has 0 spiro atoms. The second-order valence-corrected chi connectivity index (χ2v) is 4.83. The fourth-order valence-corrected chi connectivity index (χ4v) is 2.38. The Kier molecular flexibility index (Phi) is 2.71. The Balaban J connectivity index is 1.93. The van der Waals surface area contributed by atoms with Crippen LogP contribution in [0.5, 0.6) is 0 Å². The van der Waals surface area contributed by atoms with Crippen molar-refractivity contribution in [1.29, 1.82) is 0 Å². The molecule has 1 amide bonds. The number of carbonyl (C=O) groups is 1. The van der Waals surface area contributed by atoms with Crippen LogP contribution in [0.4, 0.5) is 0 Å². The van der Waals surface area contributed by atoms with Gasteiger partial charge in [0.1, 0.15) is 11.9 Å². The molecule has 4 nitrogen and oxygen atoms in total. The number of carbonyl (C=O) groups excluding carboxylic acids is 1. The van der Waals surface area contributed by atoms with E-state index in [4.69, 9.17) is 5.73 Å². The number of nitrogens with two attached hydrogens (primary N) is 1. The van der Waals surface area contributed by atoms with Crippen LogP contribution in [-0.4, -0.2) is 23.8 Å². The van der Waals surface area contributed by atoms with Crippen LogP contribution in [0.1, 0.15) is 11.1 Å². The van der Waals surface area contributed by atoms with Gasteiger partial charge in [0.2, 0.25) is 5.91 Å². The van der Waals surface area contributed by atoms with Crippen LogP contribution in [0.2, 0.25) is 0 Å². The number of primary amides is 1. The molecule has 4 heteroatoms. The molecule has 0 radical (unpaired) electrons. The molecule has 3 rings (SSSR count). The largest absolute Gasteiger partial charge is 0.366 e. The Labute approximate surface area is 111 Å². The summed E-state index contributed by atoms with van der Waals surface area (Å²) in [6.45, 7) is 2.05. The van der Waals surface area contributed by atoms with E-state index < -0.39 is 5.91 Å². The Bertz CT molecular complexity index is 611. The summed E-state index contributed by atoms with van der Waals surface area (Å²) in [4.78, 5) is 16.0. The van der Waals surface area contributed by atoms with Gasteiger partial charge in [-0.2, -0.15) is 0 Å². The number of nitrogens with one attached hydrogen (secondary N) is 1. The summed E-state index contributed by atoms with van der Waals surface area (Å²) in [5, 5.41) is 3.33. The summed E-state index contributed by atoms with van der Waals surface area (Å²) in [6, 6.07) is 7.94. The molecule has 3 N–H and O–H groups in total. The quantitative estimate of drug-likeness (QED) is 0.827. The molecular formula is C15H15N3O. The molecule has 0 fully saturated rings. The van der Waals surface area contributed by atoms with E-state index in [1.54, 1.807) is 6.08 Å². The number of amides is 1. The number of nitrogens with zero attached hydrogens (tertiary/aromatic N) is 1. The number of hydrogen-bond donors (Lipinski definition) is 2. The third-order valence-electron chi connectivity index (χ3n) is 3.43. The van der Waals surface area contributed by atoms with E-state index in [2.05, 4.69) is 10.3 Å². The van der Waals surface area contributed by atoms with Crippen LogP contribution in [0.3, 0.4) is 0 Å². The van der Waals surface area contributed by atoms with Gasteiger partial charge in [0.05, 0.1) is 6.04 Å². The summed E-state index contributed by atoms with van der Waals surface area (Å²) in [5.41, 5.74) is 8.18. The predicted molar refractivity (Wildman–Crippen MR) is 74.8 cm³/mol. The zero-order chi connectivity index (χ0) is 13.4. The highest BCUT2D eigenvalue weighted by Gasteiger charge is 2.33. The third kappa shape index (κ3) is 2.05. The number of rotatable bonds is 2. The third-order valence-corrected chi connectivity index (χ3v) is 3.43. The number of benzene rings is 1. The molecule has 2 unspecified atom stereocenters. The van der Waals surface area contributed by atoms with Crippen LogP contribution in [0.25, 0.3) is 0 Å². The van der Waals surface area contributed by atoms with E-state index in [-0.39, 0.29) is 12.1 Å². The van der Waals surface area contributed by atoms with Crippen molar-refractivity contribution in [2.75, 3.05) is 0 Å². The summed E-state index contributed by atoms with van der Waals surface area (Å²) in [6.07, 6.45) is 5.59. The maximum Gasteiger partial charge on any atom is 0.246 e. The Morgan fingerprint density at radius 1 is 1.32 bits per heavy atom. The summed E-state index contributed by atoms with van der Waals surface area (Å²) in [7, 11) is 0. The fraction of sp³-hybridized carbons (Fsp3) is 0.200. The van der Waals surface area contributed by atoms with Crippen molar-refractivity contribution in [3.63, 3.8) is 0 Å². The SMILES string of the molecule is Cc1ccc(C2=NC3C(C(N)=O)=CC=CC3N2)cc1. The van der Waals surface area contributed by atoms with Gasteiger partial charge in [-0.05, 0) is 6.92 Å². The summed E-state index contributed by atoms with van der Waals surface area (Å²) in [5.74, 6) is 0.406. The molecule has 19 heavy (non-hydrogen) atoms. The molecule has 0 saturated heterocycles. The maximum absolute atomic E-state index is 11.4. The molecule has 0 bridgehead atoms. The van der Waals surface area contributed by atoms with Crippen molar-refractivity contribution in [3.05, 3.63) is 59.2 Å². The standard InChI is InChI=1S/C15H15N3O/c1-9-5-7-10(8-6-9)15-17-12-4-2-3-11(14(16)19)13(12)18-15/h2-8,12-13H,1H3,(H2,16,19)(H,17,18). The second-order valence-electron chi connectivity index (χ2n) is 4.83. The van der Waals surface area contributed by atoms with E-state index in [1.807, 2.05) is 43.3 Å². The van der Waals surface area contributed by atoms with Gasteiger partial charge >= 0.3 is 0 Å². The van der Waals surface area contributed by atoms with Crippen molar-refractivity contribution in [2.45, 2.75) is 19.0 Å². The van der Waals surface area contributed by atoms with Crippen LogP contribution < -0.4 is 11.1 Å². The fourth-order valence-electron chi connectivity index (χ4n) is 2.38. The van der Waals surface area contributed by atoms with Crippen molar-refractivity contribution in [3.8, 4) is 0 Å². The lowest BCUT2D eigenvalue weighted by Crippen LogP contribution is -2.38. The van der Waals surface area contributed by atoms with Crippen molar-refractivity contribution in [2.24, 2.45) is 10.7 Å². The number of allylic oxidation sites excluding steroid dienone is 2. The van der Waals surface area contributed by atoms with Crippen molar-refractivity contribution >= 4 is 11.7 Å². The molecule has 1 aliphatic heterocycles. The van der Waals surface area contributed by atoms with Crippen LogP contribution in [0.15, 0.2) is 53.1 Å². The second kappa shape index (κ2) is 4.39. The van der Waals surface area contributed by atoms with E-state index in [9.17, 15) is 4.79 Å². The normalized spacial score (nSPS) is 24.3. The smallest absolute Gasteiger partial charge is 0.246 e. The summed E-state index contributed by atoms with van der Waals surface area (Å²) >= 11 is 0. The molecule has 1 aromatic carbocycles. The number of fused-ring (bicyclic) bond motifs is 1. The first-order valence-electron chi connectivity index (χ1n) is 6.25. The van der Waals surface area contributed by atoms with Gasteiger partial charge in [-0.1, -0.05) is 48.1 Å². The van der Waals surface area contributed by atoms with E-state index in [1.165, 1.54) is 5.56 Å². The minimum Gasteiger partial charge on any atom is -0.366 e. The number of aryl methyl sites for hydroxylation is 1. The Morgan fingerprint density at radius 3 is 2.74 bits per heavy atom. The molecule has 1 heterocycles. The first-order valence-corrected chi connectivity index (χ1v) is 6.25. The van der Waals surface area contributed by atoms with Gasteiger partial charge in [0, 0.05) is 11.1 Å². The lowest BCUT2D eigenvalue weighted by atomic mass is 9.95. The molecule has 2 atom stereocenters. The molecule has 0 saturated carbocycles. The van der Waals surface area contributed by atoms with Gasteiger partial charge < -0.3 is 11.1 Å². The topological polar surface area (TPSA) is 67.5 Å². The van der Waals surface area contributed by atoms with Crippen LogP contribution >= 0.6 is 0 Å². The first kappa shape index (κ1) is 11.7. The maximum atomic E-state index is 11.4. The number of hydrogen-bond acceptors (Lipinski definition) is 3. The minimum atomic E-state index is -0.407. The monoisotopic (exact) mass is 253 g/mol. The molecule has 2 aliphatic rings.